The highest BCUT2D eigenvalue weighted by molar-refractivity contribution is 7.80. The molecule has 0 bridgehead atoms. The number of nitro groups is 1. The number of thiocarbonyl (C=S) groups is 1. The van der Waals surface area contributed by atoms with Crippen molar-refractivity contribution in [2.75, 3.05) is 13.1 Å². The van der Waals surface area contributed by atoms with Crippen LogP contribution in [-0.2, 0) is 24.3 Å². The second kappa shape index (κ2) is 14.4. The lowest BCUT2D eigenvalue weighted by Gasteiger charge is -2.32. The van der Waals surface area contributed by atoms with Gasteiger partial charge in [0.2, 0.25) is 5.91 Å². The first-order valence-corrected chi connectivity index (χ1v) is 14.3. The van der Waals surface area contributed by atoms with Gasteiger partial charge in [-0.25, -0.2) is 4.98 Å². The Bertz CT molecular complexity index is 1540. The molecule has 1 atom stereocenters. The maximum Gasteiger partial charge on any atom is 0.269 e. The summed E-state index contributed by atoms with van der Waals surface area (Å²) < 4.78 is 1.88. The van der Waals surface area contributed by atoms with Crippen molar-refractivity contribution in [2.45, 2.75) is 39.4 Å². The van der Waals surface area contributed by atoms with Crippen LogP contribution in [0.4, 0.5) is 5.69 Å². The lowest BCUT2D eigenvalue weighted by atomic mass is 10.0. The number of fused-ring (bicyclic) bond motifs is 1. The smallest absolute Gasteiger partial charge is 0.269 e. The molecular weight excluding hydrogens is 548 g/mol. The van der Waals surface area contributed by atoms with Gasteiger partial charge in [0.05, 0.1) is 17.7 Å². The number of nitrogens with zero attached hydrogens (tertiary/aromatic N) is 4. The fraction of sp³-hybridized carbons (Fsp3) is 0.281. The minimum Gasteiger partial charge on any atom is -0.359 e. The van der Waals surface area contributed by atoms with Crippen LogP contribution in [0.1, 0.15) is 30.7 Å². The van der Waals surface area contributed by atoms with Crippen molar-refractivity contribution in [3.05, 3.63) is 119 Å². The van der Waals surface area contributed by atoms with Crippen LogP contribution in [0.15, 0.2) is 91.9 Å². The van der Waals surface area contributed by atoms with Crippen molar-refractivity contribution >= 4 is 39.7 Å². The average molecular weight is 585 g/mol. The molecule has 0 unspecified atom stereocenters. The van der Waals surface area contributed by atoms with Gasteiger partial charge in [-0.2, -0.15) is 0 Å². The molecule has 1 heterocycles. The summed E-state index contributed by atoms with van der Waals surface area (Å²) in [4.78, 5) is 30.2. The second-order valence-electron chi connectivity index (χ2n) is 10.5. The fourth-order valence-corrected chi connectivity index (χ4v) is 4.99. The van der Waals surface area contributed by atoms with E-state index < -0.39 is 4.92 Å². The number of hydrogen-bond acceptors (Lipinski definition) is 5. The van der Waals surface area contributed by atoms with Crippen molar-refractivity contribution < 1.29 is 9.72 Å². The number of nitro benzene ring substituents is 1. The number of rotatable bonds is 13. The lowest BCUT2D eigenvalue weighted by Crippen LogP contribution is -2.50. The molecule has 1 amide bonds. The van der Waals surface area contributed by atoms with Gasteiger partial charge >= 0.3 is 0 Å². The van der Waals surface area contributed by atoms with E-state index in [9.17, 15) is 14.9 Å². The number of nitrogens with one attached hydrogen (secondary N) is 2. The first-order valence-electron chi connectivity index (χ1n) is 13.9. The summed E-state index contributed by atoms with van der Waals surface area (Å²) in [5.41, 5.74) is 2.83. The molecule has 0 aliphatic rings. The monoisotopic (exact) mass is 584 g/mol. The maximum absolute atomic E-state index is 13.3. The largest absolute Gasteiger partial charge is 0.359 e. The van der Waals surface area contributed by atoms with Gasteiger partial charge in [-0.1, -0.05) is 74.5 Å². The molecule has 0 aliphatic heterocycles. The third-order valence-electron chi connectivity index (χ3n) is 7.13. The number of aromatic nitrogens is 2. The van der Waals surface area contributed by atoms with E-state index in [1.165, 1.54) is 22.9 Å². The zero-order valence-corrected chi connectivity index (χ0v) is 24.7. The van der Waals surface area contributed by atoms with E-state index >= 15 is 0 Å². The molecule has 42 heavy (non-hydrogen) atoms. The van der Waals surface area contributed by atoms with E-state index in [-0.39, 0.29) is 30.0 Å². The summed E-state index contributed by atoms with van der Waals surface area (Å²) in [5.74, 6) is 0.0328. The zero-order chi connectivity index (χ0) is 30.1. The minimum atomic E-state index is -0.423. The molecule has 0 saturated carbocycles. The Morgan fingerprint density at radius 3 is 2.60 bits per heavy atom. The maximum atomic E-state index is 13.3. The van der Waals surface area contributed by atoms with Crippen LogP contribution in [0.25, 0.3) is 10.8 Å². The van der Waals surface area contributed by atoms with Gasteiger partial charge in [0.1, 0.15) is 0 Å². The number of imidazole rings is 1. The molecule has 0 spiro atoms. The number of benzene rings is 3. The Hall–Kier alpha value is -4.57. The molecule has 2 N–H and O–H groups in total. The minimum absolute atomic E-state index is 0.0392. The number of carbonyl (C=O) groups is 1. The fourth-order valence-electron chi connectivity index (χ4n) is 4.77. The van der Waals surface area contributed by atoms with E-state index in [0.29, 0.717) is 31.3 Å². The molecule has 1 aromatic heterocycles. The molecule has 0 fully saturated rings. The van der Waals surface area contributed by atoms with Crippen LogP contribution in [0, 0.1) is 16.0 Å². The molecule has 0 saturated heterocycles. The third-order valence-corrected chi connectivity index (χ3v) is 7.54. The summed E-state index contributed by atoms with van der Waals surface area (Å²) in [6, 6.07) is 20.8. The topological polar surface area (TPSA) is 105 Å². The molecule has 3 aromatic carbocycles. The molecule has 0 radical (unpaired) electrons. The molecule has 4 rings (SSSR count). The van der Waals surface area contributed by atoms with Crippen molar-refractivity contribution in [1.29, 1.82) is 0 Å². The van der Waals surface area contributed by atoms with Crippen LogP contribution in [0.2, 0.25) is 0 Å². The van der Waals surface area contributed by atoms with Gasteiger partial charge in [-0.3, -0.25) is 14.9 Å². The summed E-state index contributed by atoms with van der Waals surface area (Å²) in [5, 5.41) is 20.4. The number of non-ortho nitro benzene ring substituents is 1. The van der Waals surface area contributed by atoms with Gasteiger partial charge in [-0.05, 0) is 40.0 Å². The molecule has 9 nitrogen and oxygen atoms in total. The van der Waals surface area contributed by atoms with Crippen molar-refractivity contribution in [1.82, 2.24) is 25.1 Å². The third kappa shape index (κ3) is 8.01. The van der Waals surface area contributed by atoms with Crippen molar-refractivity contribution in [3.8, 4) is 0 Å². The Morgan fingerprint density at radius 1 is 1.14 bits per heavy atom. The Labute approximate surface area is 251 Å². The molecule has 218 valence electrons. The normalized spacial score (nSPS) is 11.7. The van der Waals surface area contributed by atoms with E-state index in [1.807, 2.05) is 16.7 Å². The highest BCUT2D eigenvalue weighted by atomic mass is 32.1. The van der Waals surface area contributed by atoms with Crippen LogP contribution < -0.4 is 10.6 Å². The summed E-state index contributed by atoms with van der Waals surface area (Å²) in [6.45, 7) is 10.1. The summed E-state index contributed by atoms with van der Waals surface area (Å²) in [7, 11) is 0. The number of hydrogen-bond donors (Lipinski definition) is 2. The SMILES string of the molecule is C=CCNC(=S)N(Cc1cccc2ccccc12)C[C@@H](NC(=O)Cc1cncn1Cc1ccc([N+](=O)[O-])cc1)C(C)C. The second-order valence-corrected chi connectivity index (χ2v) is 10.9. The molecule has 10 heteroatoms. The van der Waals surface area contributed by atoms with Crippen LogP contribution in [0.3, 0.4) is 0 Å². The Kier molecular flexibility index (Phi) is 10.4. The highest BCUT2D eigenvalue weighted by Crippen LogP contribution is 2.21. The quantitative estimate of drug-likeness (QED) is 0.0959. The van der Waals surface area contributed by atoms with E-state index in [4.69, 9.17) is 12.2 Å². The molecule has 4 aromatic rings. The van der Waals surface area contributed by atoms with Crippen LogP contribution in [-0.4, -0.2) is 49.5 Å². The average Bonchev–Trinajstić information content (AvgIpc) is 3.41. The van der Waals surface area contributed by atoms with Crippen molar-refractivity contribution in [2.24, 2.45) is 5.92 Å². The summed E-state index contributed by atoms with van der Waals surface area (Å²) in [6.07, 6.45) is 5.26. The zero-order valence-electron chi connectivity index (χ0n) is 23.9. The highest BCUT2D eigenvalue weighted by Gasteiger charge is 2.23. The van der Waals surface area contributed by atoms with E-state index in [2.05, 4.69) is 71.3 Å². The van der Waals surface area contributed by atoms with Crippen LogP contribution >= 0.6 is 12.2 Å². The van der Waals surface area contributed by atoms with E-state index in [0.717, 1.165) is 16.8 Å². The summed E-state index contributed by atoms with van der Waals surface area (Å²) >= 11 is 5.78. The molecule has 0 aliphatic carbocycles. The van der Waals surface area contributed by atoms with Gasteiger partial charge < -0.3 is 20.1 Å². The predicted octanol–water partition coefficient (Wildman–Crippen LogP) is 5.24. The standard InChI is InChI=1S/C32H36N6O3S/c1-4-16-34-32(42)36(20-26-10-7-9-25-8-5-6-11-29(25)26)21-30(23(2)3)35-31(39)17-28-18-33-22-37(28)19-24-12-14-27(15-13-24)38(40)41/h4-15,18,22-23,30H,1,16-17,19-21H2,2-3H3,(H,34,42)(H,35,39)/t30-/m1/s1. The van der Waals surface area contributed by atoms with Gasteiger partial charge in [0.15, 0.2) is 5.11 Å². The van der Waals surface area contributed by atoms with E-state index in [1.54, 1.807) is 30.7 Å². The Balaban J connectivity index is 1.46. The predicted molar refractivity (Wildman–Crippen MR) is 170 cm³/mol. The lowest BCUT2D eigenvalue weighted by molar-refractivity contribution is -0.384. The molecular formula is C32H36N6O3S. The first-order chi connectivity index (χ1) is 20.2. The van der Waals surface area contributed by atoms with Crippen molar-refractivity contribution in [3.63, 3.8) is 0 Å². The van der Waals surface area contributed by atoms with Crippen LogP contribution in [0.5, 0.6) is 0 Å². The van der Waals surface area contributed by atoms with Gasteiger partial charge in [0.25, 0.3) is 5.69 Å². The first kappa shape index (κ1) is 30.4. The van der Waals surface area contributed by atoms with Gasteiger partial charge in [-0.15, -0.1) is 6.58 Å². The Morgan fingerprint density at radius 2 is 1.88 bits per heavy atom. The number of amides is 1. The number of carbonyl (C=O) groups excluding carboxylic acids is 1. The van der Waals surface area contributed by atoms with Gasteiger partial charge in [0, 0.05) is 56.2 Å².